The van der Waals surface area contributed by atoms with Crippen LogP contribution in [-0.2, 0) is 4.79 Å². The van der Waals surface area contributed by atoms with Crippen molar-refractivity contribution < 1.29 is 4.79 Å². The molecule has 0 bridgehead atoms. The number of pyridine rings is 2. The Bertz CT molecular complexity index is 1730. The maximum Gasteiger partial charge on any atom is 0.227 e. The molecule has 5 aromatic heterocycles. The molecule has 7 rings (SSSR count). The van der Waals surface area contributed by atoms with Crippen molar-refractivity contribution in [2.75, 3.05) is 5.32 Å². The van der Waals surface area contributed by atoms with Crippen molar-refractivity contribution in [2.24, 2.45) is 5.92 Å². The third kappa shape index (κ3) is 3.56. The molecule has 0 radical (unpaired) electrons. The third-order valence-corrected chi connectivity index (χ3v) is 7.49. The first-order valence-electron chi connectivity index (χ1n) is 11.8. The number of amides is 1. The molecule has 0 aliphatic heterocycles. The first kappa shape index (κ1) is 21.0. The highest BCUT2D eigenvalue weighted by atomic mass is 32.1. The average Bonchev–Trinajstić information content (AvgIpc) is 3.61. The van der Waals surface area contributed by atoms with Gasteiger partial charge < -0.3 is 10.3 Å². The number of carbonyl (C=O) groups excluding carboxylic acids is 1. The standard InChI is InChI=1S/C27H21N7OS/c35-27(15-3-1-4-15)30-19-9-17(11-28-13-19)18-10-21-24(33-34-25(21)29-12-18)26-31-22-6-2-5-20(23(22)32-26)16-7-8-36-14-16/h2,5-15H,1,3-4H2,(H,30,35)(H,31,32)(H,29,33,34). The Balaban J connectivity index is 1.26. The van der Waals surface area contributed by atoms with Crippen LogP contribution >= 0.6 is 11.3 Å². The zero-order valence-electron chi connectivity index (χ0n) is 19.2. The maximum absolute atomic E-state index is 12.4. The molecular formula is C27H21N7OS. The van der Waals surface area contributed by atoms with E-state index in [0.717, 1.165) is 63.6 Å². The van der Waals surface area contributed by atoms with Gasteiger partial charge >= 0.3 is 0 Å². The number of fused-ring (bicyclic) bond motifs is 2. The van der Waals surface area contributed by atoms with Gasteiger partial charge in [0.15, 0.2) is 11.5 Å². The lowest BCUT2D eigenvalue weighted by Crippen LogP contribution is -2.28. The lowest BCUT2D eigenvalue weighted by Gasteiger charge is -2.24. The van der Waals surface area contributed by atoms with Crippen molar-refractivity contribution in [3.05, 3.63) is 65.7 Å². The number of thiophene rings is 1. The first-order chi connectivity index (χ1) is 17.7. The van der Waals surface area contributed by atoms with Crippen molar-refractivity contribution in [3.63, 3.8) is 0 Å². The number of imidazole rings is 1. The summed E-state index contributed by atoms with van der Waals surface area (Å²) < 4.78 is 0. The highest BCUT2D eigenvalue weighted by Gasteiger charge is 2.25. The van der Waals surface area contributed by atoms with Crippen molar-refractivity contribution >= 4 is 45.0 Å². The number of nitrogens with one attached hydrogen (secondary N) is 3. The molecule has 9 heteroatoms. The Morgan fingerprint density at radius 3 is 2.81 bits per heavy atom. The Kier molecular flexibility index (Phi) is 4.88. The van der Waals surface area contributed by atoms with E-state index < -0.39 is 0 Å². The monoisotopic (exact) mass is 491 g/mol. The van der Waals surface area contributed by atoms with Crippen molar-refractivity contribution in [2.45, 2.75) is 19.3 Å². The van der Waals surface area contributed by atoms with Gasteiger partial charge in [0, 0.05) is 35.0 Å². The number of aromatic nitrogens is 6. The Hall–Kier alpha value is -4.37. The van der Waals surface area contributed by atoms with Crippen LogP contribution < -0.4 is 5.32 Å². The largest absolute Gasteiger partial charge is 0.337 e. The summed E-state index contributed by atoms with van der Waals surface area (Å²) in [5.41, 5.74) is 7.93. The molecule has 1 fully saturated rings. The smallest absolute Gasteiger partial charge is 0.227 e. The molecule has 0 saturated heterocycles. The molecule has 1 aromatic carbocycles. The lowest BCUT2D eigenvalue weighted by atomic mass is 9.85. The number of para-hydroxylation sites is 1. The lowest BCUT2D eigenvalue weighted by molar-refractivity contribution is -0.122. The molecule has 0 spiro atoms. The number of hydrogen-bond donors (Lipinski definition) is 3. The highest BCUT2D eigenvalue weighted by molar-refractivity contribution is 7.08. The van der Waals surface area contributed by atoms with Crippen molar-refractivity contribution in [3.8, 4) is 33.8 Å². The third-order valence-electron chi connectivity index (χ3n) is 6.81. The van der Waals surface area contributed by atoms with E-state index in [4.69, 9.17) is 4.98 Å². The summed E-state index contributed by atoms with van der Waals surface area (Å²) in [5.74, 6) is 0.885. The van der Waals surface area contributed by atoms with E-state index in [0.29, 0.717) is 17.2 Å². The molecular weight excluding hydrogens is 470 g/mol. The molecule has 1 aliphatic carbocycles. The molecule has 3 N–H and O–H groups in total. The van der Waals surface area contributed by atoms with Crippen molar-refractivity contribution in [1.29, 1.82) is 0 Å². The van der Waals surface area contributed by atoms with Gasteiger partial charge in [-0.25, -0.2) is 9.97 Å². The van der Waals surface area contributed by atoms with Crippen LogP contribution in [0, 0.1) is 5.92 Å². The summed E-state index contributed by atoms with van der Waals surface area (Å²) in [6.45, 7) is 0. The van der Waals surface area contributed by atoms with E-state index in [1.807, 2.05) is 24.3 Å². The summed E-state index contributed by atoms with van der Waals surface area (Å²) in [4.78, 5) is 29.7. The molecule has 6 aromatic rings. The van der Waals surface area contributed by atoms with Crippen LogP contribution in [0.2, 0.25) is 0 Å². The molecule has 8 nitrogen and oxygen atoms in total. The number of nitrogens with zero attached hydrogens (tertiary/aromatic N) is 4. The van der Waals surface area contributed by atoms with Gasteiger partial charge in [-0.3, -0.25) is 14.9 Å². The number of carbonyl (C=O) groups is 1. The summed E-state index contributed by atoms with van der Waals surface area (Å²) >= 11 is 1.67. The van der Waals surface area contributed by atoms with Crippen LogP contribution in [0.1, 0.15) is 19.3 Å². The fourth-order valence-corrected chi connectivity index (χ4v) is 5.28. The van der Waals surface area contributed by atoms with Gasteiger partial charge in [0.2, 0.25) is 5.91 Å². The number of hydrogen-bond acceptors (Lipinski definition) is 6. The van der Waals surface area contributed by atoms with Gasteiger partial charge in [0.1, 0.15) is 5.69 Å². The van der Waals surface area contributed by atoms with Crippen LogP contribution in [0.15, 0.2) is 65.7 Å². The minimum Gasteiger partial charge on any atom is -0.337 e. The normalized spacial score (nSPS) is 13.8. The van der Waals surface area contributed by atoms with Crippen LogP contribution in [0.5, 0.6) is 0 Å². The second-order valence-electron chi connectivity index (χ2n) is 9.07. The van der Waals surface area contributed by atoms with Gasteiger partial charge in [-0.2, -0.15) is 16.4 Å². The summed E-state index contributed by atoms with van der Waals surface area (Å²) in [6.07, 6.45) is 8.26. The summed E-state index contributed by atoms with van der Waals surface area (Å²) in [7, 11) is 0. The molecule has 0 atom stereocenters. The van der Waals surface area contributed by atoms with Crippen LogP contribution in [0.4, 0.5) is 5.69 Å². The van der Waals surface area contributed by atoms with Gasteiger partial charge in [-0.15, -0.1) is 0 Å². The quantitative estimate of drug-likeness (QED) is 0.273. The van der Waals surface area contributed by atoms with Gasteiger partial charge in [-0.1, -0.05) is 18.6 Å². The SMILES string of the molecule is O=C(Nc1cncc(-c2cnc3n[nH]c(-c4nc5c(-c6ccsc6)cccc5[nH]4)c3c2)c1)C1CCC1. The molecule has 0 unspecified atom stereocenters. The van der Waals surface area contributed by atoms with Gasteiger partial charge in [-0.05, 0) is 53.4 Å². The highest BCUT2D eigenvalue weighted by Crippen LogP contribution is 2.33. The van der Waals surface area contributed by atoms with E-state index in [9.17, 15) is 4.79 Å². The Morgan fingerprint density at radius 2 is 1.97 bits per heavy atom. The minimum absolute atomic E-state index is 0.0672. The number of aromatic amines is 2. The summed E-state index contributed by atoms with van der Waals surface area (Å²) in [6, 6.07) is 12.2. The Labute approximate surface area is 209 Å². The number of rotatable bonds is 5. The van der Waals surface area contributed by atoms with Crippen molar-refractivity contribution in [1.82, 2.24) is 30.1 Å². The van der Waals surface area contributed by atoms with Crippen LogP contribution in [-0.4, -0.2) is 36.0 Å². The van der Waals surface area contributed by atoms with Gasteiger partial charge in [0.25, 0.3) is 0 Å². The van der Waals surface area contributed by atoms with Crippen LogP contribution in [0.3, 0.4) is 0 Å². The molecule has 1 aliphatic rings. The zero-order valence-corrected chi connectivity index (χ0v) is 20.0. The maximum atomic E-state index is 12.4. The molecule has 36 heavy (non-hydrogen) atoms. The fraction of sp³-hybridized carbons (Fsp3) is 0.148. The topological polar surface area (TPSA) is 112 Å². The van der Waals surface area contributed by atoms with Gasteiger partial charge in [0.05, 0.1) is 28.3 Å². The minimum atomic E-state index is 0.0672. The van der Waals surface area contributed by atoms with E-state index in [-0.39, 0.29) is 11.8 Å². The predicted molar refractivity (Wildman–Crippen MR) is 141 cm³/mol. The van der Waals surface area contributed by atoms with Crippen LogP contribution in [0.25, 0.3) is 55.8 Å². The first-order valence-corrected chi connectivity index (χ1v) is 12.8. The second kappa shape index (κ2) is 8.39. The summed E-state index contributed by atoms with van der Waals surface area (Å²) in [5, 5.41) is 15.6. The average molecular weight is 492 g/mol. The number of H-pyrrole nitrogens is 2. The predicted octanol–water partition coefficient (Wildman–Crippen LogP) is 6.03. The Morgan fingerprint density at radius 1 is 1.06 bits per heavy atom. The number of benzene rings is 1. The molecule has 5 heterocycles. The number of anilines is 1. The second-order valence-corrected chi connectivity index (χ2v) is 9.85. The molecule has 176 valence electrons. The molecule has 1 amide bonds. The van der Waals surface area contributed by atoms with E-state index in [1.165, 1.54) is 0 Å². The van der Waals surface area contributed by atoms with E-state index in [2.05, 4.69) is 53.4 Å². The van der Waals surface area contributed by atoms with E-state index >= 15 is 0 Å². The fourth-order valence-electron chi connectivity index (χ4n) is 4.62. The molecule has 1 saturated carbocycles. The van der Waals surface area contributed by atoms with E-state index in [1.54, 1.807) is 29.9 Å². The zero-order chi connectivity index (χ0) is 24.1.